The molecular weight excluding hydrogens is 459 g/mol. The summed E-state index contributed by atoms with van der Waals surface area (Å²) in [5, 5.41) is 16.9. The zero-order valence-electron chi connectivity index (χ0n) is 20.7. The molecule has 0 saturated heterocycles. The molecule has 0 radical (unpaired) electrons. The number of nitrogens with zero attached hydrogens (tertiary/aromatic N) is 5. The van der Waals surface area contributed by atoms with Crippen LogP contribution in [0.25, 0.3) is 34.0 Å². The van der Waals surface area contributed by atoms with Gasteiger partial charge in [0.1, 0.15) is 22.7 Å². The van der Waals surface area contributed by atoms with Crippen LogP contribution >= 0.6 is 0 Å². The van der Waals surface area contributed by atoms with Crippen molar-refractivity contribution in [3.05, 3.63) is 76.2 Å². The smallest absolute Gasteiger partial charge is 0.251 e. The van der Waals surface area contributed by atoms with Crippen molar-refractivity contribution in [3.8, 4) is 40.0 Å². The van der Waals surface area contributed by atoms with E-state index in [-0.39, 0.29) is 8.41 Å². The van der Waals surface area contributed by atoms with E-state index in [0.717, 1.165) is 5.56 Å². The highest BCUT2D eigenvalue weighted by Crippen LogP contribution is 2.30. The maximum absolute atomic E-state index is 14.7. The van der Waals surface area contributed by atoms with Crippen molar-refractivity contribution in [2.75, 3.05) is 7.05 Å². The Hall–Kier alpha value is -4.16. The third-order valence-electron chi connectivity index (χ3n) is 6.44. The molecule has 0 aliphatic carbocycles. The molecule has 1 N–H and O–H groups in total. The molecular formula is C27H31FN6O2. The molecule has 0 aliphatic rings. The van der Waals surface area contributed by atoms with E-state index in [4.69, 9.17) is 9.51 Å². The van der Waals surface area contributed by atoms with E-state index in [1.54, 1.807) is 44.6 Å². The zero-order chi connectivity index (χ0) is 25.9. The molecule has 9 heteroatoms. The first-order valence-electron chi connectivity index (χ1n) is 11.7. The van der Waals surface area contributed by atoms with Gasteiger partial charge in [-0.3, -0.25) is 14.3 Å². The average molecular weight is 491 g/mol. The predicted molar refractivity (Wildman–Crippen MR) is 139 cm³/mol. The van der Waals surface area contributed by atoms with Crippen LogP contribution in [0.15, 0.2) is 58.1 Å². The number of nitriles is 1. The van der Waals surface area contributed by atoms with Crippen molar-refractivity contribution < 1.29 is 11.8 Å². The van der Waals surface area contributed by atoms with E-state index < -0.39 is 11.4 Å². The van der Waals surface area contributed by atoms with Crippen LogP contribution in [0, 0.1) is 24.1 Å². The van der Waals surface area contributed by atoms with E-state index in [2.05, 4.69) is 21.5 Å². The molecule has 8 nitrogen and oxygen atoms in total. The summed E-state index contributed by atoms with van der Waals surface area (Å²) < 4.78 is 21.7. The third kappa shape index (κ3) is 4.55. The summed E-state index contributed by atoms with van der Waals surface area (Å²) in [6.45, 7) is 6.11. The van der Waals surface area contributed by atoms with Gasteiger partial charge in [-0.25, -0.2) is 9.37 Å². The maximum atomic E-state index is 14.7. The largest absolute Gasteiger partial charge is 0.354 e. The number of halogens is 1. The minimum absolute atomic E-state index is 0. The number of rotatable bonds is 8. The zero-order valence-corrected chi connectivity index (χ0v) is 20.7. The summed E-state index contributed by atoms with van der Waals surface area (Å²) in [6.07, 6.45) is 4.23. The highest BCUT2D eigenvalue weighted by molar-refractivity contribution is 5.68. The molecule has 0 saturated carbocycles. The second-order valence-electron chi connectivity index (χ2n) is 8.59. The normalized spacial score (nSPS) is 11.4. The summed E-state index contributed by atoms with van der Waals surface area (Å²) in [6, 6.07) is 12.0. The van der Waals surface area contributed by atoms with Crippen molar-refractivity contribution in [1.82, 2.24) is 25.0 Å². The molecule has 1 aromatic carbocycles. The van der Waals surface area contributed by atoms with E-state index in [1.807, 2.05) is 19.9 Å². The van der Waals surface area contributed by atoms with Gasteiger partial charge in [0.2, 0.25) is 0 Å². The Balaban J connectivity index is 0.00000253. The third-order valence-corrected chi connectivity index (χ3v) is 6.44. The fourth-order valence-electron chi connectivity index (χ4n) is 4.19. The standard InChI is InChI=1S/C27H27FN6O2.2H2/c1-5-27(6-2,16-29)34-15-19(8-10-25(34)35)23-14-31-17(3)26(32-23)24-12-22(33-36-24)20-9-7-18(13-30-4)11-21(20)28;;/h7-12,14-15,30H,5-6,13H2,1-4H3;2*1H. The van der Waals surface area contributed by atoms with Crippen molar-refractivity contribution in [2.45, 2.75) is 45.7 Å². The van der Waals surface area contributed by atoms with Crippen LogP contribution in [0.1, 0.15) is 40.8 Å². The quantitative estimate of drug-likeness (QED) is 0.356. The molecule has 0 amide bonds. The second kappa shape index (κ2) is 10.2. The molecule has 0 bridgehead atoms. The average Bonchev–Trinajstić information content (AvgIpc) is 3.37. The molecule has 0 aliphatic heterocycles. The molecule has 0 unspecified atom stereocenters. The number of pyridine rings is 1. The first-order chi connectivity index (χ1) is 17.4. The Bertz CT molecular complexity index is 1510. The summed E-state index contributed by atoms with van der Waals surface area (Å²) >= 11 is 0. The van der Waals surface area contributed by atoms with Gasteiger partial charge in [-0.05, 0) is 50.6 Å². The van der Waals surface area contributed by atoms with Crippen LogP contribution in [-0.2, 0) is 12.1 Å². The van der Waals surface area contributed by atoms with Gasteiger partial charge < -0.3 is 9.84 Å². The summed E-state index contributed by atoms with van der Waals surface area (Å²) in [5.74, 6) is -0.0494. The minimum atomic E-state index is -0.944. The number of nitrogens with one attached hydrogen (secondary N) is 1. The van der Waals surface area contributed by atoms with E-state index >= 15 is 0 Å². The Kier molecular flexibility index (Phi) is 7.08. The van der Waals surface area contributed by atoms with Crippen LogP contribution in [0.2, 0.25) is 0 Å². The summed E-state index contributed by atoms with van der Waals surface area (Å²) in [5.41, 5.74) is 2.49. The maximum Gasteiger partial charge on any atom is 0.251 e. The van der Waals surface area contributed by atoms with E-state index in [1.165, 1.54) is 16.7 Å². The Morgan fingerprint density at radius 2 is 1.97 bits per heavy atom. The Morgan fingerprint density at radius 3 is 2.64 bits per heavy atom. The SMILES string of the molecule is CCC(C#N)(CC)n1cc(-c2cnc(C)c(-c3cc(-c4ccc(CNC)cc4F)no3)n2)ccc1=O.[HH].[HH]. The highest BCUT2D eigenvalue weighted by Gasteiger charge is 2.29. The van der Waals surface area contributed by atoms with E-state index in [9.17, 15) is 14.4 Å². The number of benzene rings is 1. The monoisotopic (exact) mass is 490 g/mol. The van der Waals surface area contributed by atoms with Gasteiger partial charge in [0.25, 0.3) is 5.56 Å². The van der Waals surface area contributed by atoms with Crippen LogP contribution in [0.3, 0.4) is 0 Å². The molecule has 0 fully saturated rings. The summed E-state index contributed by atoms with van der Waals surface area (Å²) in [4.78, 5) is 21.8. The Labute approximate surface area is 211 Å². The molecule has 36 heavy (non-hydrogen) atoms. The predicted octanol–water partition coefficient (Wildman–Crippen LogP) is 5.33. The van der Waals surface area contributed by atoms with Gasteiger partial charge in [-0.15, -0.1) is 0 Å². The van der Waals surface area contributed by atoms with Gasteiger partial charge >= 0.3 is 0 Å². The molecule has 4 rings (SSSR count). The van der Waals surface area contributed by atoms with Gasteiger partial charge in [0.15, 0.2) is 5.76 Å². The van der Waals surface area contributed by atoms with Gasteiger partial charge in [-0.2, -0.15) is 5.26 Å². The molecule has 3 heterocycles. The van der Waals surface area contributed by atoms with Gasteiger partial charge in [0, 0.05) is 38.9 Å². The number of hydrogen-bond acceptors (Lipinski definition) is 7. The fourth-order valence-corrected chi connectivity index (χ4v) is 4.19. The number of hydrogen-bond donors (Lipinski definition) is 1. The van der Waals surface area contributed by atoms with E-state index in [0.29, 0.717) is 59.0 Å². The first kappa shape index (κ1) is 24.9. The first-order valence-corrected chi connectivity index (χ1v) is 11.7. The topological polar surface area (TPSA) is 110 Å². The van der Waals surface area contributed by atoms with Crippen molar-refractivity contribution in [3.63, 3.8) is 0 Å². The van der Waals surface area contributed by atoms with Crippen molar-refractivity contribution >= 4 is 0 Å². The molecule has 3 aromatic heterocycles. The second-order valence-corrected chi connectivity index (χ2v) is 8.59. The number of aromatic nitrogens is 4. The lowest BCUT2D eigenvalue weighted by atomic mass is 9.94. The van der Waals surface area contributed by atoms with Crippen LogP contribution < -0.4 is 10.9 Å². The minimum Gasteiger partial charge on any atom is -0.354 e. The molecule has 188 valence electrons. The molecule has 4 aromatic rings. The molecule has 0 spiro atoms. The lowest BCUT2D eigenvalue weighted by Crippen LogP contribution is -2.38. The fraction of sp³-hybridized carbons (Fsp3) is 0.296. The van der Waals surface area contributed by atoms with Crippen molar-refractivity contribution in [2.24, 2.45) is 0 Å². The lowest BCUT2D eigenvalue weighted by molar-refractivity contribution is 0.345. The van der Waals surface area contributed by atoms with Crippen LogP contribution in [0.4, 0.5) is 4.39 Å². The van der Waals surface area contributed by atoms with Crippen molar-refractivity contribution in [1.29, 1.82) is 5.26 Å². The number of aryl methyl sites for hydroxylation is 1. The Morgan fingerprint density at radius 1 is 1.19 bits per heavy atom. The van der Waals surface area contributed by atoms with Gasteiger partial charge in [0.05, 0.1) is 23.7 Å². The van der Waals surface area contributed by atoms with Crippen LogP contribution in [-0.4, -0.2) is 26.7 Å². The highest BCUT2D eigenvalue weighted by atomic mass is 19.1. The summed E-state index contributed by atoms with van der Waals surface area (Å²) in [7, 11) is 1.80. The molecule has 0 atom stereocenters. The lowest BCUT2D eigenvalue weighted by Gasteiger charge is -2.26. The van der Waals surface area contributed by atoms with Crippen LogP contribution in [0.5, 0.6) is 0 Å². The van der Waals surface area contributed by atoms with Gasteiger partial charge in [-0.1, -0.05) is 25.1 Å².